The van der Waals surface area contributed by atoms with Crippen molar-refractivity contribution >= 4 is 57.2 Å². The van der Waals surface area contributed by atoms with Gasteiger partial charge in [0.2, 0.25) is 5.78 Å². The molecule has 5 rings (SSSR count). The van der Waals surface area contributed by atoms with Crippen molar-refractivity contribution in [1.82, 2.24) is 8.97 Å². The zero-order chi connectivity index (χ0) is 24.0. The first-order valence-corrected chi connectivity index (χ1v) is 11.3. The molecule has 5 aromatic rings. The van der Waals surface area contributed by atoms with E-state index in [0.717, 1.165) is 11.0 Å². The van der Waals surface area contributed by atoms with E-state index in [9.17, 15) is 14.4 Å². The fourth-order valence-electron chi connectivity index (χ4n) is 4.21. The first-order valence-electron chi connectivity index (χ1n) is 10.6. The van der Waals surface area contributed by atoms with Gasteiger partial charge in [0.15, 0.2) is 11.6 Å². The summed E-state index contributed by atoms with van der Waals surface area (Å²) >= 11 is 12.0. The van der Waals surface area contributed by atoms with Gasteiger partial charge in [-0.05, 0) is 73.7 Å². The van der Waals surface area contributed by atoms with Crippen LogP contribution in [0.1, 0.15) is 43.7 Å². The highest BCUT2D eigenvalue weighted by Gasteiger charge is 2.25. The molecule has 7 heteroatoms. The molecule has 0 spiro atoms. The van der Waals surface area contributed by atoms with Crippen LogP contribution in [0.3, 0.4) is 0 Å². The van der Waals surface area contributed by atoms with Crippen molar-refractivity contribution in [3.63, 3.8) is 0 Å². The smallest absolute Gasteiger partial charge is 0.209 e. The lowest BCUT2D eigenvalue weighted by atomic mass is 10.1. The molecular weight excluding hydrogens is 471 g/mol. The van der Waals surface area contributed by atoms with Gasteiger partial charge >= 0.3 is 0 Å². The molecule has 0 atom stereocenters. The summed E-state index contributed by atoms with van der Waals surface area (Å²) in [6.07, 6.45) is 0. The summed E-state index contributed by atoms with van der Waals surface area (Å²) in [5, 5.41) is 1.07. The largest absolute Gasteiger partial charge is 0.317 e. The highest BCUT2D eigenvalue weighted by atomic mass is 35.5. The molecule has 0 fully saturated rings. The van der Waals surface area contributed by atoms with Crippen molar-refractivity contribution in [2.45, 2.75) is 13.5 Å². The highest BCUT2D eigenvalue weighted by Crippen LogP contribution is 2.30. The first-order chi connectivity index (χ1) is 16.3. The predicted octanol–water partition coefficient (Wildman–Crippen LogP) is 6.52. The number of hydrogen-bond acceptors (Lipinski definition) is 3. The van der Waals surface area contributed by atoms with Crippen molar-refractivity contribution in [2.24, 2.45) is 0 Å². The number of ketones is 3. The third-order valence-corrected chi connectivity index (χ3v) is 6.33. The molecular formula is C27H18Cl2N2O3. The summed E-state index contributed by atoms with van der Waals surface area (Å²) in [6, 6.07) is 22.4. The maximum atomic E-state index is 13.5. The van der Waals surface area contributed by atoms with E-state index in [1.807, 2.05) is 24.3 Å². The Labute approximate surface area is 205 Å². The lowest BCUT2D eigenvalue weighted by Gasteiger charge is -2.07. The normalized spacial score (nSPS) is 11.3. The van der Waals surface area contributed by atoms with Crippen molar-refractivity contribution in [3.05, 3.63) is 111 Å². The fraction of sp³-hybridized carbons (Fsp3) is 0.0741. The lowest BCUT2D eigenvalue weighted by Crippen LogP contribution is -2.11. The van der Waals surface area contributed by atoms with Crippen LogP contribution in [0.15, 0.2) is 78.9 Å². The van der Waals surface area contributed by atoms with E-state index in [-0.39, 0.29) is 23.9 Å². The van der Waals surface area contributed by atoms with Crippen LogP contribution < -0.4 is 0 Å². The van der Waals surface area contributed by atoms with Gasteiger partial charge in [-0.1, -0.05) is 35.3 Å². The van der Waals surface area contributed by atoms with E-state index in [1.165, 1.54) is 6.92 Å². The molecule has 0 bridgehead atoms. The molecule has 0 amide bonds. The Kier molecular flexibility index (Phi) is 5.60. The zero-order valence-corrected chi connectivity index (χ0v) is 19.6. The molecule has 0 N–H and O–H groups in total. The number of rotatable bonds is 6. The lowest BCUT2D eigenvalue weighted by molar-refractivity contribution is 0.0970. The molecule has 3 aromatic carbocycles. The second-order valence-electron chi connectivity index (χ2n) is 8.00. The quantitative estimate of drug-likeness (QED) is 0.255. The van der Waals surface area contributed by atoms with Crippen LogP contribution in [-0.4, -0.2) is 26.3 Å². The summed E-state index contributed by atoms with van der Waals surface area (Å²) in [7, 11) is 0. The van der Waals surface area contributed by atoms with Gasteiger partial charge in [-0.15, -0.1) is 0 Å². The number of nitrogens with zero attached hydrogens (tertiary/aromatic N) is 2. The molecule has 168 valence electrons. The monoisotopic (exact) mass is 488 g/mol. The van der Waals surface area contributed by atoms with Crippen LogP contribution in [-0.2, 0) is 6.54 Å². The van der Waals surface area contributed by atoms with Gasteiger partial charge in [0.05, 0.1) is 28.8 Å². The number of fused-ring (bicyclic) bond motifs is 3. The molecule has 0 unspecified atom stereocenters. The zero-order valence-electron chi connectivity index (χ0n) is 18.1. The average molecular weight is 489 g/mol. The van der Waals surface area contributed by atoms with Crippen LogP contribution in [0.25, 0.3) is 16.7 Å². The van der Waals surface area contributed by atoms with Crippen molar-refractivity contribution in [1.29, 1.82) is 0 Å². The third-order valence-electron chi connectivity index (χ3n) is 5.83. The first kappa shape index (κ1) is 22.1. The highest BCUT2D eigenvalue weighted by molar-refractivity contribution is 6.31. The van der Waals surface area contributed by atoms with Crippen molar-refractivity contribution in [3.8, 4) is 0 Å². The second kappa shape index (κ2) is 8.60. The minimum Gasteiger partial charge on any atom is -0.317 e. The molecule has 0 saturated heterocycles. The van der Waals surface area contributed by atoms with Gasteiger partial charge in [0.1, 0.15) is 5.65 Å². The number of carbonyl (C=O) groups excluding carboxylic acids is 3. The van der Waals surface area contributed by atoms with E-state index < -0.39 is 0 Å². The molecule has 2 heterocycles. The Morgan fingerprint density at radius 2 is 1.32 bits per heavy atom. The van der Waals surface area contributed by atoms with Gasteiger partial charge in [-0.3, -0.25) is 18.8 Å². The van der Waals surface area contributed by atoms with E-state index >= 15 is 0 Å². The van der Waals surface area contributed by atoms with Crippen LogP contribution >= 0.6 is 23.2 Å². The average Bonchev–Trinajstić information content (AvgIpc) is 3.37. The van der Waals surface area contributed by atoms with Crippen LogP contribution in [0.2, 0.25) is 10.0 Å². The number of hydrogen-bond donors (Lipinski definition) is 0. The molecule has 0 aliphatic heterocycles. The van der Waals surface area contributed by atoms with Crippen LogP contribution in [0, 0.1) is 0 Å². The third kappa shape index (κ3) is 3.73. The summed E-state index contributed by atoms with van der Waals surface area (Å²) in [4.78, 5) is 39.3. The van der Waals surface area contributed by atoms with E-state index in [2.05, 4.69) is 0 Å². The number of para-hydroxylation sites is 2. The van der Waals surface area contributed by atoms with Crippen LogP contribution in [0.4, 0.5) is 0 Å². The summed E-state index contributed by atoms with van der Waals surface area (Å²) in [5.41, 5.74) is 3.66. The Balaban J connectivity index is 1.73. The number of halogens is 2. The Morgan fingerprint density at radius 1 is 0.765 bits per heavy atom. The minimum atomic E-state index is -0.244. The van der Waals surface area contributed by atoms with Gasteiger partial charge in [0.25, 0.3) is 0 Å². The Bertz CT molecular complexity index is 1590. The van der Waals surface area contributed by atoms with E-state index in [0.29, 0.717) is 38.1 Å². The summed E-state index contributed by atoms with van der Waals surface area (Å²) in [5.74, 6) is -0.581. The maximum absolute atomic E-state index is 13.5. The van der Waals surface area contributed by atoms with Crippen molar-refractivity contribution in [2.75, 3.05) is 0 Å². The number of imidazole rings is 1. The molecule has 0 saturated carbocycles. The molecule has 2 aromatic heterocycles. The molecule has 0 aliphatic rings. The Hall–Kier alpha value is -3.67. The van der Waals surface area contributed by atoms with Crippen molar-refractivity contribution < 1.29 is 14.4 Å². The minimum absolute atomic E-state index is 0.00247. The van der Waals surface area contributed by atoms with E-state index in [1.54, 1.807) is 63.6 Å². The number of Topliss-reactive ketones (excluding diaryl/α,β-unsaturated/α-hetero) is 2. The van der Waals surface area contributed by atoms with Gasteiger partial charge in [-0.2, -0.15) is 0 Å². The number of benzene rings is 3. The number of aromatic nitrogens is 2. The van der Waals surface area contributed by atoms with Gasteiger partial charge in [0, 0.05) is 21.2 Å². The second-order valence-corrected chi connectivity index (χ2v) is 8.87. The molecule has 0 aliphatic carbocycles. The molecule has 5 nitrogen and oxygen atoms in total. The SMILES string of the molecule is CC(=O)c1cc(C(=O)c2ccc(Cl)cc2)n2c3ccccc3n(CC(=O)c3ccc(Cl)cc3)c12. The summed E-state index contributed by atoms with van der Waals surface area (Å²) in [6.45, 7) is 1.45. The fourth-order valence-corrected chi connectivity index (χ4v) is 4.46. The maximum Gasteiger partial charge on any atom is 0.209 e. The van der Waals surface area contributed by atoms with Crippen LogP contribution in [0.5, 0.6) is 0 Å². The predicted molar refractivity (Wildman–Crippen MR) is 134 cm³/mol. The topological polar surface area (TPSA) is 60.5 Å². The summed E-state index contributed by atoms with van der Waals surface area (Å²) < 4.78 is 3.56. The van der Waals surface area contributed by atoms with Gasteiger partial charge in [-0.25, -0.2) is 0 Å². The van der Waals surface area contributed by atoms with Gasteiger partial charge < -0.3 is 4.57 Å². The Morgan fingerprint density at radius 3 is 1.91 bits per heavy atom. The number of carbonyl (C=O) groups is 3. The standard InChI is InChI=1S/C27H18Cl2N2O3/c1-16(32)21-14-24(26(34)18-8-12-20(29)13-9-18)31-23-5-3-2-4-22(23)30(27(21)31)15-25(33)17-6-10-19(28)11-7-17/h2-14H,15H2,1H3. The molecule has 34 heavy (non-hydrogen) atoms. The van der Waals surface area contributed by atoms with E-state index in [4.69, 9.17) is 23.2 Å². The molecule has 0 radical (unpaired) electrons.